The van der Waals surface area contributed by atoms with Crippen molar-refractivity contribution < 1.29 is 4.74 Å². The van der Waals surface area contributed by atoms with E-state index in [0.29, 0.717) is 0 Å². The molecule has 1 heterocycles. The Morgan fingerprint density at radius 1 is 1.20 bits per heavy atom. The Morgan fingerprint density at radius 2 is 2.00 bits per heavy atom. The Balaban J connectivity index is 2.19. The van der Waals surface area contributed by atoms with Gasteiger partial charge in [-0.3, -0.25) is 0 Å². The van der Waals surface area contributed by atoms with Gasteiger partial charge in [-0.25, -0.2) is 0 Å². The summed E-state index contributed by atoms with van der Waals surface area (Å²) >= 11 is 0. The van der Waals surface area contributed by atoms with Gasteiger partial charge in [0.2, 0.25) is 0 Å². The van der Waals surface area contributed by atoms with Crippen LogP contribution in [-0.2, 0) is 6.42 Å². The smallest absolute Gasteiger partial charge is 0.130 e. The first-order valence-corrected chi connectivity index (χ1v) is 5.35. The normalized spacial score (nSPS) is 16.8. The van der Waals surface area contributed by atoms with Crippen LogP contribution in [0.15, 0.2) is 47.7 Å². The van der Waals surface area contributed by atoms with E-state index in [-0.39, 0.29) is 0 Å². The molecule has 1 aromatic rings. The molecule has 1 aliphatic heterocycles. The highest BCUT2D eigenvalue weighted by Gasteiger charge is 2.12. The molecule has 0 unspecified atom stereocenters. The third-order valence-electron chi connectivity index (χ3n) is 2.46. The first kappa shape index (κ1) is 10.0. The van der Waals surface area contributed by atoms with Crippen LogP contribution in [0.1, 0.15) is 25.8 Å². The molecule has 78 valence electrons. The summed E-state index contributed by atoms with van der Waals surface area (Å²) in [6, 6.07) is 8.24. The molecule has 0 radical (unpaired) electrons. The van der Waals surface area contributed by atoms with Crippen molar-refractivity contribution in [2.24, 2.45) is 0 Å². The highest BCUT2D eigenvalue weighted by molar-refractivity contribution is 5.38. The van der Waals surface area contributed by atoms with E-state index < -0.39 is 0 Å². The molecule has 0 saturated carbocycles. The van der Waals surface area contributed by atoms with E-state index in [0.717, 1.165) is 24.4 Å². The second-order valence-electron chi connectivity index (χ2n) is 4.09. The van der Waals surface area contributed by atoms with Crippen LogP contribution in [0, 0.1) is 0 Å². The van der Waals surface area contributed by atoms with Crippen molar-refractivity contribution in [2.45, 2.75) is 26.7 Å². The van der Waals surface area contributed by atoms with E-state index in [2.05, 4.69) is 38.1 Å². The number of para-hydroxylation sites is 1. The van der Waals surface area contributed by atoms with E-state index in [1.807, 2.05) is 12.1 Å². The third kappa shape index (κ3) is 2.50. The van der Waals surface area contributed by atoms with Crippen LogP contribution in [0.2, 0.25) is 0 Å². The molecule has 0 aliphatic carbocycles. The largest absolute Gasteiger partial charge is 0.461 e. The molecule has 1 heteroatoms. The lowest BCUT2D eigenvalue weighted by Gasteiger charge is -2.18. The van der Waals surface area contributed by atoms with Crippen molar-refractivity contribution in [3.63, 3.8) is 0 Å². The summed E-state index contributed by atoms with van der Waals surface area (Å²) in [5, 5.41) is 0. The predicted molar refractivity (Wildman–Crippen MR) is 62.9 cm³/mol. The maximum Gasteiger partial charge on any atom is 0.130 e. The first-order valence-electron chi connectivity index (χ1n) is 5.35. The molecule has 0 atom stereocenters. The second kappa shape index (κ2) is 4.35. The summed E-state index contributed by atoms with van der Waals surface area (Å²) < 4.78 is 5.80. The van der Waals surface area contributed by atoms with E-state index >= 15 is 0 Å². The molecular formula is C14H16O. The number of hydrogen-bond acceptors (Lipinski definition) is 1. The van der Waals surface area contributed by atoms with Crippen molar-refractivity contribution in [2.75, 3.05) is 0 Å². The van der Waals surface area contributed by atoms with Crippen LogP contribution in [0.3, 0.4) is 0 Å². The summed E-state index contributed by atoms with van der Waals surface area (Å²) in [4.78, 5) is 0. The Morgan fingerprint density at radius 3 is 2.80 bits per heavy atom. The lowest BCUT2D eigenvalue weighted by atomic mass is 10.0. The maximum absolute atomic E-state index is 5.80. The highest BCUT2D eigenvalue weighted by Crippen LogP contribution is 2.28. The maximum atomic E-state index is 5.80. The average molecular weight is 200 g/mol. The minimum absolute atomic E-state index is 1.00. The molecular weight excluding hydrogens is 184 g/mol. The number of aryl methyl sites for hydroxylation is 1. The Bertz CT molecular complexity index is 409. The second-order valence-corrected chi connectivity index (χ2v) is 4.09. The third-order valence-corrected chi connectivity index (χ3v) is 2.46. The van der Waals surface area contributed by atoms with Gasteiger partial charge in [0.05, 0.1) is 0 Å². The van der Waals surface area contributed by atoms with Crippen LogP contribution in [-0.4, -0.2) is 0 Å². The Hall–Kier alpha value is -1.50. The quantitative estimate of drug-likeness (QED) is 0.668. The molecule has 15 heavy (non-hydrogen) atoms. The van der Waals surface area contributed by atoms with Crippen molar-refractivity contribution >= 4 is 0 Å². The van der Waals surface area contributed by atoms with Gasteiger partial charge in [-0.05, 0) is 38.0 Å². The number of allylic oxidation sites excluding steroid dienone is 4. The fourth-order valence-corrected chi connectivity index (χ4v) is 1.64. The molecule has 1 aliphatic rings. The molecule has 2 rings (SSSR count). The van der Waals surface area contributed by atoms with Crippen LogP contribution >= 0.6 is 0 Å². The molecule has 0 spiro atoms. The highest BCUT2D eigenvalue weighted by atomic mass is 16.5. The van der Waals surface area contributed by atoms with Gasteiger partial charge >= 0.3 is 0 Å². The van der Waals surface area contributed by atoms with Crippen LogP contribution < -0.4 is 4.74 Å². The Labute approximate surface area is 91.1 Å². The van der Waals surface area contributed by atoms with Crippen molar-refractivity contribution in [1.82, 2.24) is 0 Å². The van der Waals surface area contributed by atoms with Gasteiger partial charge in [-0.2, -0.15) is 0 Å². The van der Waals surface area contributed by atoms with E-state index in [4.69, 9.17) is 4.74 Å². The van der Waals surface area contributed by atoms with Crippen molar-refractivity contribution in [3.05, 3.63) is 53.3 Å². The number of rotatable bonds is 1. The summed E-state index contributed by atoms with van der Waals surface area (Å²) in [5.41, 5.74) is 2.61. The Kier molecular flexibility index (Phi) is 2.91. The fraction of sp³-hybridized carbons (Fsp3) is 0.286. The molecule has 0 fully saturated rings. The van der Waals surface area contributed by atoms with Gasteiger partial charge in [-0.15, -0.1) is 0 Å². The van der Waals surface area contributed by atoms with Gasteiger partial charge in [0.15, 0.2) is 0 Å². The molecule has 0 saturated heterocycles. The topological polar surface area (TPSA) is 9.23 Å². The minimum atomic E-state index is 1.00. The van der Waals surface area contributed by atoms with Crippen LogP contribution in [0.4, 0.5) is 0 Å². The monoisotopic (exact) mass is 200 g/mol. The van der Waals surface area contributed by atoms with Gasteiger partial charge in [-0.1, -0.05) is 29.8 Å². The predicted octanol–water partition coefficient (Wildman–Crippen LogP) is 3.86. The summed E-state index contributed by atoms with van der Waals surface area (Å²) in [7, 11) is 0. The number of hydrogen-bond donors (Lipinski definition) is 0. The van der Waals surface area contributed by atoms with E-state index in [1.165, 1.54) is 11.1 Å². The minimum Gasteiger partial charge on any atom is -0.461 e. The molecule has 0 N–H and O–H groups in total. The summed E-state index contributed by atoms with van der Waals surface area (Å²) in [6.07, 6.45) is 6.26. The first-order chi connectivity index (χ1) is 7.25. The van der Waals surface area contributed by atoms with Crippen molar-refractivity contribution in [1.29, 1.82) is 0 Å². The zero-order chi connectivity index (χ0) is 10.7. The standard InChI is InChI=1S/C14H16O/c1-11(2)7-9-13-10-8-12-5-3-4-6-14(12)15-13/h3-7,9H,8,10H2,1-2H3/b13-9-. The lowest BCUT2D eigenvalue weighted by molar-refractivity contribution is 0.378. The zero-order valence-corrected chi connectivity index (χ0v) is 9.29. The molecule has 1 aromatic carbocycles. The van der Waals surface area contributed by atoms with Gasteiger partial charge in [0.25, 0.3) is 0 Å². The number of ether oxygens (including phenoxy) is 1. The summed E-state index contributed by atoms with van der Waals surface area (Å²) in [5.74, 6) is 2.08. The molecule has 0 amide bonds. The lowest BCUT2D eigenvalue weighted by Crippen LogP contribution is -2.06. The fourth-order valence-electron chi connectivity index (χ4n) is 1.64. The molecule has 0 bridgehead atoms. The molecule has 0 aromatic heterocycles. The number of benzene rings is 1. The SMILES string of the molecule is CC(C)=C/C=C1/CCc2ccccc2O1. The van der Waals surface area contributed by atoms with E-state index in [9.17, 15) is 0 Å². The van der Waals surface area contributed by atoms with Crippen molar-refractivity contribution in [3.8, 4) is 5.75 Å². The average Bonchev–Trinajstić information content (AvgIpc) is 2.26. The van der Waals surface area contributed by atoms with Crippen LogP contribution in [0.5, 0.6) is 5.75 Å². The van der Waals surface area contributed by atoms with Gasteiger partial charge in [0.1, 0.15) is 11.5 Å². The number of fused-ring (bicyclic) bond motifs is 1. The van der Waals surface area contributed by atoms with Gasteiger partial charge in [0, 0.05) is 6.42 Å². The van der Waals surface area contributed by atoms with E-state index in [1.54, 1.807) is 0 Å². The molecule has 1 nitrogen and oxygen atoms in total. The van der Waals surface area contributed by atoms with Crippen LogP contribution in [0.25, 0.3) is 0 Å². The van der Waals surface area contributed by atoms with Gasteiger partial charge < -0.3 is 4.74 Å². The summed E-state index contributed by atoms with van der Waals surface area (Å²) in [6.45, 7) is 4.18. The zero-order valence-electron chi connectivity index (χ0n) is 9.29.